The molecule has 2 rings (SSSR count). The van der Waals surface area contributed by atoms with Crippen molar-refractivity contribution in [2.75, 3.05) is 25.0 Å². The van der Waals surface area contributed by atoms with Crippen molar-refractivity contribution in [3.8, 4) is 0 Å². The summed E-state index contributed by atoms with van der Waals surface area (Å²) in [5.41, 5.74) is 1.74. The minimum Gasteiger partial charge on any atom is -0.380 e. The summed E-state index contributed by atoms with van der Waals surface area (Å²) >= 11 is 0. The summed E-state index contributed by atoms with van der Waals surface area (Å²) in [6.45, 7) is 9.11. The van der Waals surface area contributed by atoms with E-state index >= 15 is 0 Å². The molecule has 1 saturated heterocycles. The first kappa shape index (κ1) is 15.7. The predicted molar refractivity (Wildman–Crippen MR) is 82.5 cm³/mol. The van der Waals surface area contributed by atoms with Crippen molar-refractivity contribution in [3.05, 3.63) is 33.9 Å². The first-order valence-electron chi connectivity index (χ1n) is 7.39. The van der Waals surface area contributed by atoms with Crippen LogP contribution in [0.15, 0.2) is 18.2 Å². The monoisotopic (exact) mass is 293 g/mol. The molecular weight excluding hydrogens is 270 g/mol. The summed E-state index contributed by atoms with van der Waals surface area (Å²) in [5.74, 6) is 0. The van der Waals surface area contributed by atoms with Crippen molar-refractivity contribution in [2.24, 2.45) is 0 Å². The summed E-state index contributed by atoms with van der Waals surface area (Å²) in [5, 5.41) is 14.3. The van der Waals surface area contributed by atoms with Crippen molar-refractivity contribution in [2.45, 2.75) is 39.5 Å². The predicted octanol–water partition coefficient (Wildman–Crippen LogP) is 2.64. The standard InChI is InChI=1S/C15H23N3O3/c1-4-16-15-13(6-5-7-14(15)18(19)20)10-17-8-11(2)21-12(3)9-17/h5-7,11-12,16H,4,8-10H2,1-3H3. The number of anilines is 1. The third kappa shape index (κ3) is 3.92. The molecule has 0 spiro atoms. The quantitative estimate of drug-likeness (QED) is 0.667. The number of hydrogen-bond acceptors (Lipinski definition) is 5. The lowest BCUT2D eigenvalue weighted by atomic mass is 10.1. The maximum absolute atomic E-state index is 11.2. The number of ether oxygens (including phenoxy) is 1. The van der Waals surface area contributed by atoms with Crippen molar-refractivity contribution in [1.29, 1.82) is 0 Å². The number of para-hydroxylation sites is 1. The highest BCUT2D eigenvalue weighted by molar-refractivity contribution is 5.66. The molecule has 0 saturated carbocycles. The molecule has 1 aliphatic rings. The van der Waals surface area contributed by atoms with Gasteiger partial charge < -0.3 is 10.1 Å². The van der Waals surface area contributed by atoms with E-state index in [9.17, 15) is 10.1 Å². The van der Waals surface area contributed by atoms with Crippen LogP contribution in [0, 0.1) is 10.1 Å². The van der Waals surface area contributed by atoms with Gasteiger partial charge in [-0.15, -0.1) is 0 Å². The van der Waals surface area contributed by atoms with Crippen molar-refractivity contribution < 1.29 is 9.66 Å². The fraction of sp³-hybridized carbons (Fsp3) is 0.600. The molecule has 116 valence electrons. The zero-order valence-corrected chi connectivity index (χ0v) is 12.8. The number of nitrogens with one attached hydrogen (secondary N) is 1. The number of morpholine rings is 1. The molecule has 0 radical (unpaired) electrons. The van der Waals surface area contributed by atoms with Crippen molar-refractivity contribution in [1.82, 2.24) is 4.90 Å². The van der Waals surface area contributed by atoms with Crippen LogP contribution >= 0.6 is 0 Å². The van der Waals surface area contributed by atoms with Gasteiger partial charge in [-0.3, -0.25) is 15.0 Å². The molecule has 1 N–H and O–H groups in total. The molecule has 1 heterocycles. The Morgan fingerprint density at radius 1 is 1.38 bits per heavy atom. The molecule has 1 fully saturated rings. The van der Waals surface area contributed by atoms with E-state index in [0.29, 0.717) is 18.8 Å². The fourth-order valence-electron chi connectivity index (χ4n) is 2.91. The molecule has 21 heavy (non-hydrogen) atoms. The largest absolute Gasteiger partial charge is 0.380 e. The molecule has 0 aromatic heterocycles. The average Bonchev–Trinajstić information content (AvgIpc) is 2.39. The Balaban J connectivity index is 2.22. The van der Waals surface area contributed by atoms with E-state index < -0.39 is 0 Å². The molecule has 2 atom stereocenters. The second-order valence-electron chi connectivity index (χ2n) is 5.55. The molecule has 1 aromatic carbocycles. The highest BCUT2D eigenvalue weighted by Crippen LogP contribution is 2.29. The van der Waals surface area contributed by atoms with Gasteiger partial charge in [0.15, 0.2) is 0 Å². The van der Waals surface area contributed by atoms with Crippen LogP contribution in [0.4, 0.5) is 11.4 Å². The number of nitro groups is 1. The lowest BCUT2D eigenvalue weighted by Crippen LogP contribution is -2.44. The topological polar surface area (TPSA) is 67.6 Å². The normalized spacial score (nSPS) is 23.0. The van der Waals surface area contributed by atoms with Gasteiger partial charge in [0.2, 0.25) is 0 Å². The van der Waals surface area contributed by atoms with Crippen LogP contribution in [0.25, 0.3) is 0 Å². The van der Waals surface area contributed by atoms with Gasteiger partial charge in [0, 0.05) is 32.2 Å². The molecule has 2 unspecified atom stereocenters. The molecule has 6 nitrogen and oxygen atoms in total. The fourth-order valence-corrected chi connectivity index (χ4v) is 2.91. The van der Waals surface area contributed by atoms with Crippen LogP contribution in [-0.4, -0.2) is 41.7 Å². The smallest absolute Gasteiger partial charge is 0.292 e. The van der Waals surface area contributed by atoms with Crippen LogP contribution < -0.4 is 5.32 Å². The van der Waals surface area contributed by atoms with Gasteiger partial charge in [0.25, 0.3) is 5.69 Å². The lowest BCUT2D eigenvalue weighted by Gasteiger charge is -2.35. The second-order valence-corrected chi connectivity index (χ2v) is 5.55. The van der Waals surface area contributed by atoms with E-state index in [4.69, 9.17) is 4.74 Å². The first-order valence-corrected chi connectivity index (χ1v) is 7.39. The Morgan fingerprint density at radius 2 is 2.05 bits per heavy atom. The lowest BCUT2D eigenvalue weighted by molar-refractivity contribution is -0.384. The van der Waals surface area contributed by atoms with Gasteiger partial charge in [0.1, 0.15) is 5.69 Å². The molecular formula is C15H23N3O3. The van der Waals surface area contributed by atoms with Gasteiger partial charge in [0.05, 0.1) is 17.1 Å². The van der Waals surface area contributed by atoms with Crippen molar-refractivity contribution in [3.63, 3.8) is 0 Å². The van der Waals surface area contributed by atoms with Gasteiger partial charge in [-0.1, -0.05) is 12.1 Å². The van der Waals surface area contributed by atoms with E-state index in [2.05, 4.69) is 24.1 Å². The molecule has 1 aromatic rings. The highest BCUT2D eigenvalue weighted by atomic mass is 16.6. The van der Waals surface area contributed by atoms with Gasteiger partial charge in [-0.25, -0.2) is 0 Å². The van der Waals surface area contributed by atoms with Crippen molar-refractivity contribution >= 4 is 11.4 Å². The third-order valence-electron chi connectivity index (χ3n) is 3.57. The Bertz CT molecular complexity index is 497. The molecule has 1 aliphatic heterocycles. The minimum absolute atomic E-state index is 0.142. The Kier molecular flexibility index (Phi) is 5.14. The zero-order chi connectivity index (χ0) is 15.4. The van der Waals surface area contributed by atoms with Crippen LogP contribution in [-0.2, 0) is 11.3 Å². The summed E-state index contributed by atoms with van der Waals surface area (Å²) in [6.07, 6.45) is 0.380. The molecule has 0 amide bonds. The van der Waals surface area contributed by atoms with E-state index in [1.165, 1.54) is 0 Å². The number of rotatable bonds is 5. The minimum atomic E-state index is -0.327. The maximum Gasteiger partial charge on any atom is 0.292 e. The molecule has 0 aliphatic carbocycles. The third-order valence-corrected chi connectivity index (χ3v) is 3.57. The Morgan fingerprint density at radius 3 is 2.62 bits per heavy atom. The first-order chi connectivity index (χ1) is 10.0. The van der Waals surface area contributed by atoms with Gasteiger partial charge in [-0.2, -0.15) is 0 Å². The zero-order valence-electron chi connectivity index (χ0n) is 12.8. The van der Waals surface area contributed by atoms with Crippen LogP contribution in [0.3, 0.4) is 0 Å². The van der Waals surface area contributed by atoms with E-state index in [0.717, 1.165) is 18.7 Å². The van der Waals surface area contributed by atoms with E-state index in [1.54, 1.807) is 12.1 Å². The molecule has 6 heteroatoms. The summed E-state index contributed by atoms with van der Waals surface area (Å²) in [6, 6.07) is 5.25. The molecule has 0 bridgehead atoms. The average molecular weight is 293 g/mol. The maximum atomic E-state index is 11.2. The van der Waals surface area contributed by atoms with E-state index in [-0.39, 0.29) is 22.8 Å². The van der Waals surface area contributed by atoms with Crippen LogP contribution in [0.5, 0.6) is 0 Å². The van der Waals surface area contributed by atoms with Crippen LogP contribution in [0.2, 0.25) is 0 Å². The number of nitro benzene ring substituents is 1. The Labute approximate surface area is 125 Å². The number of benzene rings is 1. The summed E-state index contributed by atoms with van der Waals surface area (Å²) < 4.78 is 5.73. The number of nitrogens with zero attached hydrogens (tertiary/aromatic N) is 2. The van der Waals surface area contributed by atoms with Crippen LogP contribution in [0.1, 0.15) is 26.3 Å². The highest BCUT2D eigenvalue weighted by Gasteiger charge is 2.24. The van der Waals surface area contributed by atoms with Gasteiger partial charge in [-0.05, 0) is 26.3 Å². The van der Waals surface area contributed by atoms with E-state index in [1.807, 2.05) is 13.0 Å². The summed E-state index contributed by atoms with van der Waals surface area (Å²) in [7, 11) is 0. The Hall–Kier alpha value is -1.66. The second kappa shape index (κ2) is 6.87. The summed E-state index contributed by atoms with van der Waals surface area (Å²) in [4.78, 5) is 13.1. The number of hydrogen-bond donors (Lipinski definition) is 1. The van der Waals surface area contributed by atoms with Gasteiger partial charge >= 0.3 is 0 Å². The SMILES string of the molecule is CCNc1c(CN2CC(C)OC(C)C2)cccc1[N+](=O)[O-].